The lowest BCUT2D eigenvalue weighted by atomic mass is 9.72. The van der Waals surface area contributed by atoms with Gasteiger partial charge >= 0.3 is 5.97 Å². The van der Waals surface area contributed by atoms with Crippen LogP contribution in [0.25, 0.3) is 0 Å². The zero-order chi connectivity index (χ0) is 15.0. The van der Waals surface area contributed by atoms with Crippen LogP contribution in [0.1, 0.15) is 25.3 Å². The number of benzene rings is 1. The second kappa shape index (κ2) is 5.39. The van der Waals surface area contributed by atoms with Gasteiger partial charge in [-0.2, -0.15) is 0 Å². The Hall–Kier alpha value is -2.04. The topological polar surface area (TPSA) is 66.8 Å². The predicted octanol–water partition coefficient (Wildman–Crippen LogP) is 1.91. The summed E-state index contributed by atoms with van der Waals surface area (Å²) in [5.74, 6) is -1.01. The Morgan fingerprint density at radius 3 is 2.62 bits per heavy atom. The fourth-order valence-corrected chi connectivity index (χ4v) is 3.01. The van der Waals surface area contributed by atoms with Crippen LogP contribution in [0, 0.1) is 11.8 Å². The van der Waals surface area contributed by atoms with Gasteiger partial charge < -0.3 is 14.7 Å². The van der Waals surface area contributed by atoms with E-state index < -0.39 is 11.9 Å². The highest BCUT2D eigenvalue weighted by molar-refractivity contribution is 5.86. The monoisotopic (exact) mass is 289 g/mol. The quantitative estimate of drug-likeness (QED) is 0.903. The SMILES string of the molecule is CC1COc2ccccc2CN1C(=O)C1CCC1C(=O)O. The number of carboxylic acid groups (broad SMARTS) is 1. The summed E-state index contributed by atoms with van der Waals surface area (Å²) in [4.78, 5) is 25.6. The van der Waals surface area contributed by atoms with Gasteiger partial charge in [-0.3, -0.25) is 9.59 Å². The average molecular weight is 289 g/mol. The molecule has 1 fully saturated rings. The van der Waals surface area contributed by atoms with Crippen molar-refractivity contribution in [1.82, 2.24) is 4.90 Å². The number of carbonyl (C=O) groups is 2. The molecule has 1 aromatic carbocycles. The van der Waals surface area contributed by atoms with Gasteiger partial charge in [0.1, 0.15) is 12.4 Å². The van der Waals surface area contributed by atoms with Crippen LogP contribution in [0.15, 0.2) is 24.3 Å². The van der Waals surface area contributed by atoms with E-state index >= 15 is 0 Å². The number of aliphatic carboxylic acids is 1. The van der Waals surface area contributed by atoms with E-state index in [1.54, 1.807) is 4.90 Å². The van der Waals surface area contributed by atoms with Gasteiger partial charge in [0.15, 0.2) is 0 Å². The van der Waals surface area contributed by atoms with Crippen LogP contribution in [-0.2, 0) is 16.1 Å². The lowest BCUT2D eigenvalue weighted by Gasteiger charge is -2.37. The third-order valence-electron chi connectivity index (χ3n) is 4.52. The predicted molar refractivity (Wildman–Crippen MR) is 75.8 cm³/mol. The van der Waals surface area contributed by atoms with Gasteiger partial charge in [0.25, 0.3) is 0 Å². The summed E-state index contributed by atoms with van der Waals surface area (Å²) in [6.45, 7) is 2.87. The maximum absolute atomic E-state index is 12.7. The molecule has 5 heteroatoms. The van der Waals surface area contributed by atoms with Crippen molar-refractivity contribution in [3.05, 3.63) is 29.8 Å². The van der Waals surface area contributed by atoms with Crippen LogP contribution in [-0.4, -0.2) is 34.5 Å². The number of hydrogen-bond acceptors (Lipinski definition) is 3. The largest absolute Gasteiger partial charge is 0.491 e. The van der Waals surface area contributed by atoms with Gasteiger partial charge in [0, 0.05) is 12.1 Å². The van der Waals surface area contributed by atoms with E-state index in [-0.39, 0.29) is 17.9 Å². The van der Waals surface area contributed by atoms with E-state index in [9.17, 15) is 9.59 Å². The molecule has 1 heterocycles. The molecule has 2 aliphatic rings. The maximum atomic E-state index is 12.7. The number of carboxylic acids is 1. The number of para-hydroxylation sites is 1. The molecule has 5 nitrogen and oxygen atoms in total. The molecular formula is C16H19NO4. The number of hydrogen-bond donors (Lipinski definition) is 1. The average Bonchev–Trinajstić information content (AvgIpc) is 2.57. The van der Waals surface area contributed by atoms with E-state index in [0.29, 0.717) is 26.0 Å². The van der Waals surface area contributed by atoms with Crippen molar-refractivity contribution in [3.63, 3.8) is 0 Å². The highest BCUT2D eigenvalue weighted by Crippen LogP contribution is 2.37. The van der Waals surface area contributed by atoms with Crippen molar-refractivity contribution in [3.8, 4) is 5.75 Å². The molecule has 1 aliphatic carbocycles. The Bertz CT molecular complexity index is 571. The first-order valence-electron chi connectivity index (χ1n) is 7.32. The molecule has 3 unspecified atom stereocenters. The summed E-state index contributed by atoms with van der Waals surface area (Å²) < 4.78 is 5.74. The van der Waals surface area contributed by atoms with Crippen molar-refractivity contribution >= 4 is 11.9 Å². The minimum atomic E-state index is -0.862. The first-order chi connectivity index (χ1) is 10.1. The minimum Gasteiger partial charge on any atom is -0.491 e. The summed E-state index contributed by atoms with van der Waals surface area (Å²) in [5, 5.41) is 9.13. The van der Waals surface area contributed by atoms with Crippen molar-refractivity contribution in [2.45, 2.75) is 32.4 Å². The van der Waals surface area contributed by atoms with Gasteiger partial charge in [-0.15, -0.1) is 0 Å². The highest BCUT2D eigenvalue weighted by atomic mass is 16.5. The van der Waals surface area contributed by atoms with E-state index in [0.717, 1.165) is 11.3 Å². The number of carbonyl (C=O) groups excluding carboxylic acids is 1. The van der Waals surface area contributed by atoms with Crippen LogP contribution in [0.3, 0.4) is 0 Å². The molecule has 0 radical (unpaired) electrons. The molecule has 0 saturated heterocycles. The molecule has 0 spiro atoms. The van der Waals surface area contributed by atoms with E-state index in [1.807, 2.05) is 31.2 Å². The number of ether oxygens (including phenoxy) is 1. The Balaban J connectivity index is 1.81. The lowest BCUT2D eigenvalue weighted by Crippen LogP contribution is -2.49. The van der Waals surface area contributed by atoms with E-state index in [2.05, 4.69) is 0 Å². The summed E-state index contributed by atoms with van der Waals surface area (Å²) in [5.41, 5.74) is 0.974. The van der Waals surface area contributed by atoms with Crippen molar-refractivity contribution < 1.29 is 19.4 Å². The highest BCUT2D eigenvalue weighted by Gasteiger charge is 2.44. The summed E-state index contributed by atoms with van der Waals surface area (Å²) >= 11 is 0. The van der Waals surface area contributed by atoms with Crippen LogP contribution in [0.4, 0.5) is 0 Å². The standard InChI is InChI=1S/C16H19NO4/c1-10-9-21-14-5-3-2-4-11(14)8-17(10)15(18)12-6-7-13(12)16(19)20/h2-5,10,12-13H,6-9H2,1H3,(H,19,20). The lowest BCUT2D eigenvalue weighted by molar-refractivity contribution is -0.158. The third kappa shape index (κ3) is 2.48. The second-order valence-electron chi connectivity index (χ2n) is 5.86. The summed E-state index contributed by atoms with van der Waals surface area (Å²) in [7, 11) is 0. The third-order valence-corrected chi connectivity index (χ3v) is 4.52. The molecule has 0 aromatic heterocycles. The molecule has 1 amide bonds. The molecule has 1 saturated carbocycles. The number of rotatable bonds is 2. The first-order valence-corrected chi connectivity index (χ1v) is 7.32. The normalized spacial score (nSPS) is 27.9. The fraction of sp³-hybridized carbons (Fsp3) is 0.500. The zero-order valence-electron chi connectivity index (χ0n) is 12.0. The molecule has 1 aromatic rings. The minimum absolute atomic E-state index is 0.0542. The molecule has 1 N–H and O–H groups in total. The number of fused-ring (bicyclic) bond motifs is 1. The molecular weight excluding hydrogens is 270 g/mol. The molecule has 0 bridgehead atoms. The molecule has 3 rings (SSSR count). The van der Waals surface area contributed by atoms with Crippen LogP contribution in [0.2, 0.25) is 0 Å². The zero-order valence-corrected chi connectivity index (χ0v) is 12.0. The fourth-order valence-electron chi connectivity index (χ4n) is 3.01. The van der Waals surface area contributed by atoms with Gasteiger partial charge in [0.05, 0.1) is 17.9 Å². The van der Waals surface area contributed by atoms with Crippen molar-refractivity contribution in [2.75, 3.05) is 6.61 Å². The number of amides is 1. The van der Waals surface area contributed by atoms with E-state index in [1.165, 1.54) is 0 Å². The van der Waals surface area contributed by atoms with Gasteiger partial charge in [-0.25, -0.2) is 0 Å². The summed E-state index contributed by atoms with van der Waals surface area (Å²) in [6, 6.07) is 7.63. The van der Waals surface area contributed by atoms with Crippen LogP contribution in [0.5, 0.6) is 5.75 Å². The van der Waals surface area contributed by atoms with Gasteiger partial charge in [-0.1, -0.05) is 18.2 Å². The second-order valence-corrected chi connectivity index (χ2v) is 5.86. The molecule has 21 heavy (non-hydrogen) atoms. The number of nitrogens with zero attached hydrogens (tertiary/aromatic N) is 1. The van der Waals surface area contributed by atoms with Crippen LogP contribution < -0.4 is 4.74 Å². The molecule has 3 atom stereocenters. The van der Waals surface area contributed by atoms with Crippen LogP contribution >= 0.6 is 0 Å². The molecule has 1 aliphatic heterocycles. The smallest absolute Gasteiger partial charge is 0.307 e. The van der Waals surface area contributed by atoms with Gasteiger partial charge in [0.2, 0.25) is 5.91 Å². The first kappa shape index (κ1) is 13.9. The Morgan fingerprint density at radius 1 is 1.24 bits per heavy atom. The van der Waals surface area contributed by atoms with Gasteiger partial charge in [-0.05, 0) is 25.8 Å². The maximum Gasteiger partial charge on any atom is 0.307 e. The van der Waals surface area contributed by atoms with Crippen molar-refractivity contribution in [1.29, 1.82) is 0 Å². The molecule has 112 valence electrons. The van der Waals surface area contributed by atoms with E-state index in [4.69, 9.17) is 9.84 Å². The Labute approximate surface area is 123 Å². The Kier molecular flexibility index (Phi) is 3.57. The van der Waals surface area contributed by atoms with Crippen molar-refractivity contribution in [2.24, 2.45) is 11.8 Å². The summed E-state index contributed by atoms with van der Waals surface area (Å²) in [6.07, 6.45) is 1.27. The Morgan fingerprint density at radius 2 is 1.95 bits per heavy atom.